The van der Waals surface area contributed by atoms with E-state index in [0.717, 1.165) is 6.07 Å². The van der Waals surface area contributed by atoms with Crippen molar-refractivity contribution in [3.05, 3.63) is 27.9 Å². The number of aromatic nitrogens is 1. The van der Waals surface area contributed by atoms with Gasteiger partial charge in [0.25, 0.3) is 6.43 Å². The van der Waals surface area contributed by atoms with E-state index >= 15 is 0 Å². The molecule has 0 bridgehead atoms. The average molecular weight is 248 g/mol. The largest absolute Gasteiger partial charge is 0.477 e. The number of hydrogen-bond acceptors (Lipinski definition) is 5. The van der Waals surface area contributed by atoms with Crippen LogP contribution in [0, 0.1) is 10.1 Å². The highest BCUT2D eigenvalue weighted by molar-refractivity contribution is 5.92. The molecule has 1 rings (SSSR count). The minimum absolute atomic E-state index is 0.409. The van der Waals surface area contributed by atoms with Gasteiger partial charge >= 0.3 is 11.7 Å². The van der Waals surface area contributed by atoms with Crippen molar-refractivity contribution < 1.29 is 28.3 Å². The Morgan fingerprint density at radius 1 is 1.65 bits per heavy atom. The molecular weight excluding hydrogens is 242 g/mol. The van der Waals surface area contributed by atoms with E-state index in [1.54, 1.807) is 0 Å². The van der Waals surface area contributed by atoms with Crippen LogP contribution in [0.5, 0.6) is 5.88 Å². The quantitative estimate of drug-likeness (QED) is 0.622. The summed E-state index contributed by atoms with van der Waals surface area (Å²) in [6.45, 7) is -0.968. The van der Waals surface area contributed by atoms with E-state index < -0.39 is 41.1 Å². The minimum Gasteiger partial charge on any atom is -0.477 e. The van der Waals surface area contributed by atoms with Crippen molar-refractivity contribution in [1.29, 1.82) is 0 Å². The number of pyridine rings is 1. The van der Waals surface area contributed by atoms with Crippen LogP contribution in [0.1, 0.15) is 10.4 Å². The molecule has 0 fully saturated rings. The molecule has 9 heteroatoms. The molecule has 1 N–H and O–H groups in total. The smallest absolute Gasteiger partial charge is 0.342 e. The minimum atomic E-state index is -2.75. The lowest BCUT2D eigenvalue weighted by atomic mass is 10.2. The third-order valence-corrected chi connectivity index (χ3v) is 1.64. The molecule has 1 aromatic heterocycles. The van der Waals surface area contributed by atoms with Crippen LogP contribution < -0.4 is 4.74 Å². The van der Waals surface area contributed by atoms with Crippen molar-refractivity contribution in [2.75, 3.05) is 6.61 Å². The van der Waals surface area contributed by atoms with Gasteiger partial charge < -0.3 is 9.84 Å². The summed E-state index contributed by atoms with van der Waals surface area (Å²) in [5, 5.41) is 19.1. The van der Waals surface area contributed by atoms with Crippen molar-refractivity contribution in [2.45, 2.75) is 6.43 Å². The van der Waals surface area contributed by atoms with Gasteiger partial charge in [0, 0.05) is 6.07 Å². The highest BCUT2D eigenvalue weighted by atomic mass is 19.3. The molecule has 0 aliphatic rings. The first-order valence-electron chi connectivity index (χ1n) is 4.20. The lowest BCUT2D eigenvalue weighted by molar-refractivity contribution is -0.385. The van der Waals surface area contributed by atoms with E-state index in [1.165, 1.54) is 0 Å². The van der Waals surface area contributed by atoms with Crippen LogP contribution in [0.4, 0.5) is 14.5 Å². The first-order valence-corrected chi connectivity index (χ1v) is 4.20. The van der Waals surface area contributed by atoms with Gasteiger partial charge in [-0.2, -0.15) is 0 Å². The second-order valence-corrected chi connectivity index (χ2v) is 2.80. The zero-order valence-corrected chi connectivity index (χ0v) is 8.17. The molecule has 0 saturated heterocycles. The van der Waals surface area contributed by atoms with E-state index in [9.17, 15) is 23.7 Å². The van der Waals surface area contributed by atoms with Crippen LogP contribution >= 0.6 is 0 Å². The summed E-state index contributed by atoms with van der Waals surface area (Å²) in [6, 6.07) is 0.725. The van der Waals surface area contributed by atoms with E-state index in [2.05, 4.69) is 9.72 Å². The normalized spacial score (nSPS) is 10.3. The maximum absolute atomic E-state index is 11.8. The van der Waals surface area contributed by atoms with Gasteiger partial charge in [-0.15, -0.1) is 0 Å². The fourth-order valence-electron chi connectivity index (χ4n) is 0.973. The number of carbonyl (C=O) groups is 1. The molecule has 1 heterocycles. The summed E-state index contributed by atoms with van der Waals surface area (Å²) in [7, 11) is 0. The van der Waals surface area contributed by atoms with E-state index in [0.29, 0.717) is 6.20 Å². The maximum atomic E-state index is 11.8. The van der Waals surface area contributed by atoms with Gasteiger partial charge in [0.1, 0.15) is 11.8 Å². The van der Waals surface area contributed by atoms with Crippen LogP contribution in [0.3, 0.4) is 0 Å². The van der Waals surface area contributed by atoms with Crippen LogP contribution in [-0.4, -0.2) is 34.0 Å². The molecule has 0 amide bonds. The van der Waals surface area contributed by atoms with Crippen molar-refractivity contribution in [3.8, 4) is 5.88 Å². The van der Waals surface area contributed by atoms with Crippen LogP contribution in [0.15, 0.2) is 12.3 Å². The number of aromatic carboxylic acids is 1. The molecule has 1 aromatic rings. The number of nitro groups is 1. The highest BCUT2D eigenvalue weighted by Crippen LogP contribution is 2.21. The van der Waals surface area contributed by atoms with Crippen molar-refractivity contribution in [3.63, 3.8) is 0 Å². The predicted molar refractivity (Wildman–Crippen MR) is 49.3 cm³/mol. The second-order valence-electron chi connectivity index (χ2n) is 2.80. The Hall–Kier alpha value is -2.32. The Balaban J connectivity index is 3.02. The fourth-order valence-corrected chi connectivity index (χ4v) is 0.973. The number of ether oxygens (including phenoxy) is 1. The molecular formula is C8H6F2N2O5. The third-order valence-electron chi connectivity index (χ3n) is 1.64. The molecule has 0 aromatic carbocycles. The van der Waals surface area contributed by atoms with Crippen molar-refractivity contribution >= 4 is 11.7 Å². The van der Waals surface area contributed by atoms with Crippen LogP contribution in [0.2, 0.25) is 0 Å². The Labute approximate surface area is 92.8 Å². The third kappa shape index (κ3) is 3.33. The topological polar surface area (TPSA) is 103 Å². The van der Waals surface area contributed by atoms with Gasteiger partial charge in [-0.3, -0.25) is 10.1 Å². The molecule has 0 radical (unpaired) electrons. The lowest BCUT2D eigenvalue weighted by Crippen LogP contribution is -2.10. The molecule has 0 aliphatic heterocycles. The summed E-state index contributed by atoms with van der Waals surface area (Å²) in [6.07, 6.45) is -2.11. The van der Waals surface area contributed by atoms with E-state index in [1.807, 2.05) is 0 Å². The van der Waals surface area contributed by atoms with Crippen LogP contribution in [0.25, 0.3) is 0 Å². The lowest BCUT2D eigenvalue weighted by Gasteiger charge is -2.04. The summed E-state index contributed by atoms with van der Waals surface area (Å²) in [5.41, 5.74) is -1.41. The molecule has 0 saturated carbocycles. The monoisotopic (exact) mass is 248 g/mol. The molecule has 0 aliphatic carbocycles. The maximum Gasteiger partial charge on any atom is 0.342 e. The van der Waals surface area contributed by atoms with Gasteiger partial charge in [0.2, 0.25) is 5.88 Å². The Morgan fingerprint density at radius 2 is 2.29 bits per heavy atom. The van der Waals surface area contributed by atoms with Gasteiger partial charge in [-0.05, 0) is 0 Å². The van der Waals surface area contributed by atoms with Gasteiger partial charge in [-0.1, -0.05) is 0 Å². The fraction of sp³-hybridized carbons (Fsp3) is 0.250. The Bertz CT molecular complexity index is 452. The molecule has 92 valence electrons. The second kappa shape index (κ2) is 5.14. The van der Waals surface area contributed by atoms with Crippen molar-refractivity contribution in [2.24, 2.45) is 0 Å². The first kappa shape index (κ1) is 12.7. The van der Waals surface area contributed by atoms with E-state index in [-0.39, 0.29) is 0 Å². The Kier molecular flexibility index (Phi) is 3.86. The highest BCUT2D eigenvalue weighted by Gasteiger charge is 2.21. The van der Waals surface area contributed by atoms with Gasteiger partial charge in [0.05, 0.1) is 4.92 Å². The summed E-state index contributed by atoms with van der Waals surface area (Å²) >= 11 is 0. The number of halogens is 2. The number of hydrogen-bond donors (Lipinski definition) is 1. The number of rotatable bonds is 5. The van der Waals surface area contributed by atoms with Gasteiger partial charge in [0.15, 0.2) is 6.61 Å². The number of carboxylic acid groups (broad SMARTS) is 1. The molecule has 17 heavy (non-hydrogen) atoms. The Morgan fingerprint density at radius 3 is 2.76 bits per heavy atom. The summed E-state index contributed by atoms with van der Waals surface area (Å²) in [4.78, 5) is 23.5. The average Bonchev–Trinajstić information content (AvgIpc) is 2.25. The molecule has 0 atom stereocenters. The zero-order chi connectivity index (χ0) is 13.0. The molecule has 7 nitrogen and oxygen atoms in total. The number of carboxylic acids is 1. The van der Waals surface area contributed by atoms with Crippen molar-refractivity contribution in [1.82, 2.24) is 4.98 Å². The first-order chi connectivity index (χ1) is 7.91. The van der Waals surface area contributed by atoms with E-state index in [4.69, 9.17) is 5.11 Å². The molecule has 0 unspecified atom stereocenters. The molecule has 0 spiro atoms. The summed E-state index contributed by atoms with van der Waals surface area (Å²) in [5.74, 6) is -1.98. The zero-order valence-electron chi connectivity index (χ0n) is 8.17. The van der Waals surface area contributed by atoms with Gasteiger partial charge in [-0.25, -0.2) is 18.6 Å². The summed E-state index contributed by atoms with van der Waals surface area (Å²) < 4.78 is 28.1. The predicted octanol–water partition coefficient (Wildman–Crippen LogP) is 1.33. The number of alkyl halides is 2. The van der Waals surface area contributed by atoms with Crippen LogP contribution in [-0.2, 0) is 0 Å². The number of nitrogens with zero attached hydrogens (tertiary/aromatic N) is 2. The standard InChI is InChI=1S/C8H6F2N2O5/c9-6(10)3-17-7-1-4(8(13)14)5(2-11-7)12(15)16/h1-2,6H,3H2,(H,13,14). The SMILES string of the molecule is O=C(O)c1cc(OCC(F)F)ncc1[N+](=O)[O-].